The fraction of sp³-hybridized carbons (Fsp3) is 0.722. The highest BCUT2D eigenvalue weighted by atomic mass is 19.3. The summed E-state index contributed by atoms with van der Waals surface area (Å²) in [6, 6.07) is 0. The number of hydrogen-bond acceptors (Lipinski definition) is 2. The maximum atomic E-state index is 12.9. The van der Waals surface area contributed by atoms with Crippen LogP contribution in [0.4, 0.5) is 8.78 Å². The van der Waals surface area contributed by atoms with Crippen molar-refractivity contribution in [1.29, 1.82) is 0 Å². The maximum absolute atomic E-state index is 12.9. The van der Waals surface area contributed by atoms with Crippen molar-refractivity contribution in [3.8, 4) is 0 Å². The van der Waals surface area contributed by atoms with Gasteiger partial charge < -0.3 is 4.74 Å². The summed E-state index contributed by atoms with van der Waals surface area (Å²) in [5.74, 6) is -1.64. The van der Waals surface area contributed by atoms with Gasteiger partial charge in [0.1, 0.15) is 5.60 Å². The number of carbonyl (C=O) groups excluding carboxylic acids is 1. The van der Waals surface area contributed by atoms with Crippen molar-refractivity contribution in [3.05, 3.63) is 23.3 Å². The summed E-state index contributed by atoms with van der Waals surface area (Å²) in [5.41, 5.74) is 1.97. The molecular weight excluding hydrogens is 286 g/mol. The van der Waals surface area contributed by atoms with Crippen LogP contribution in [0.1, 0.15) is 52.9 Å². The smallest absolute Gasteiger partial charge is 0.331 e. The van der Waals surface area contributed by atoms with Gasteiger partial charge in [-0.1, -0.05) is 17.2 Å². The molecule has 3 aliphatic rings. The van der Waals surface area contributed by atoms with E-state index < -0.39 is 11.5 Å². The highest BCUT2D eigenvalue weighted by Gasteiger charge is 2.46. The summed E-state index contributed by atoms with van der Waals surface area (Å²) in [4.78, 5) is 11.8. The van der Waals surface area contributed by atoms with E-state index in [0.29, 0.717) is 11.8 Å². The Kier molecular flexibility index (Phi) is 3.69. The molecule has 3 rings (SSSR count). The number of hydrogen-bond donors (Lipinski definition) is 0. The van der Waals surface area contributed by atoms with Crippen molar-refractivity contribution in [1.82, 2.24) is 0 Å². The van der Waals surface area contributed by atoms with E-state index in [4.69, 9.17) is 4.74 Å². The lowest BCUT2D eigenvalue weighted by atomic mass is 9.71. The molecule has 0 N–H and O–H groups in total. The summed E-state index contributed by atoms with van der Waals surface area (Å²) in [6.07, 6.45) is 6.68. The van der Waals surface area contributed by atoms with Gasteiger partial charge in [0.25, 0.3) is 0 Å². The lowest BCUT2D eigenvalue weighted by molar-refractivity contribution is -0.148. The predicted octanol–water partition coefficient (Wildman–Crippen LogP) is 4.66. The van der Waals surface area contributed by atoms with Crippen molar-refractivity contribution in [3.63, 3.8) is 0 Å². The molecule has 0 aromatic rings. The van der Waals surface area contributed by atoms with Crippen LogP contribution < -0.4 is 0 Å². The third-order valence-corrected chi connectivity index (χ3v) is 4.81. The molecule has 2 saturated carbocycles. The first kappa shape index (κ1) is 15.7. The number of allylic oxidation sites excluding steroid dienone is 3. The summed E-state index contributed by atoms with van der Waals surface area (Å²) in [5, 5.41) is 0. The summed E-state index contributed by atoms with van der Waals surface area (Å²) in [6.45, 7) is 5.57. The number of alkyl halides is 2. The molecule has 0 heterocycles. The predicted molar refractivity (Wildman–Crippen MR) is 80.5 cm³/mol. The molecule has 0 aromatic heterocycles. The molecule has 2 fully saturated rings. The topological polar surface area (TPSA) is 26.3 Å². The third kappa shape index (κ3) is 3.41. The van der Waals surface area contributed by atoms with Crippen LogP contribution in [-0.2, 0) is 9.53 Å². The standard InChI is InChI=1S/C18H24F2O2/c1-17(2,3)22-16(21)8-14-7-13-5-11(6-15(13)14)4-12-9-18(19,20)10-12/h6,8,12-13,15H,4-5,7,9-10H2,1-3H3/t13-,15-/m1/s1. The van der Waals surface area contributed by atoms with Crippen molar-refractivity contribution < 1.29 is 18.3 Å². The molecule has 2 nitrogen and oxygen atoms in total. The Morgan fingerprint density at radius 2 is 2.05 bits per heavy atom. The van der Waals surface area contributed by atoms with Crippen molar-refractivity contribution in [2.75, 3.05) is 0 Å². The van der Waals surface area contributed by atoms with E-state index in [-0.39, 0.29) is 24.7 Å². The lowest BCUT2D eigenvalue weighted by Crippen LogP contribution is -2.35. The molecule has 0 unspecified atom stereocenters. The van der Waals surface area contributed by atoms with Crippen LogP contribution in [-0.4, -0.2) is 17.5 Å². The zero-order valence-corrected chi connectivity index (χ0v) is 13.5. The van der Waals surface area contributed by atoms with Crippen LogP contribution in [0.15, 0.2) is 23.3 Å². The second kappa shape index (κ2) is 5.17. The first-order valence-electron chi connectivity index (χ1n) is 8.12. The molecule has 0 spiro atoms. The Morgan fingerprint density at radius 3 is 2.64 bits per heavy atom. The quantitative estimate of drug-likeness (QED) is 0.431. The molecule has 22 heavy (non-hydrogen) atoms. The second-order valence-corrected chi connectivity index (χ2v) is 8.11. The van der Waals surface area contributed by atoms with Crippen molar-refractivity contribution in [2.24, 2.45) is 17.8 Å². The maximum Gasteiger partial charge on any atom is 0.331 e. The average molecular weight is 310 g/mol. The van der Waals surface area contributed by atoms with E-state index in [0.717, 1.165) is 24.8 Å². The second-order valence-electron chi connectivity index (χ2n) is 8.11. The number of halogens is 2. The molecule has 4 heteroatoms. The summed E-state index contributed by atoms with van der Waals surface area (Å²) in [7, 11) is 0. The first-order chi connectivity index (χ1) is 10.1. The molecule has 2 atom stereocenters. The van der Waals surface area contributed by atoms with Gasteiger partial charge in [0.2, 0.25) is 5.92 Å². The lowest BCUT2D eigenvalue weighted by Gasteiger charge is -2.35. The number of ether oxygens (including phenoxy) is 1. The van der Waals surface area contributed by atoms with Gasteiger partial charge in [0.15, 0.2) is 0 Å². The van der Waals surface area contributed by atoms with E-state index in [1.54, 1.807) is 6.08 Å². The van der Waals surface area contributed by atoms with E-state index in [1.807, 2.05) is 20.8 Å². The van der Waals surface area contributed by atoms with E-state index in [9.17, 15) is 13.6 Å². The molecule has 0 aromatic carbocycles. The van der Waals surface area contributed by atoms with Crippen LogP contribution in [0.2, 0.25) is 0 Å². The zero-order chi connectivity index (χ0) is 16.1. The number of rotatable bonds is 3. The SMILES string of the molecule is CC(C)(C)OC(=O)C=C1C[C@H]2CC(CC3CC(F)(F)C3)=C[C@@H]12. The Balaban J connectivity index is 1.54. The molecule has 3 aliphatic carbocycles. The van der Waals surface area contributed by atoms with Gasteiger partial charge in [-0.25, -0.2) is 13.6 Å². The zero-order valence-electron chi connectivity index (χ0n) is 13.5. The normalized spacial score (nSPS) is 32.0. The largest absolute Gasteiger partial charge is 0.457 e. The van der Waals surface area contributed by atoms with Crippen molar-refractivity contribution >= 4 is 5.97 Å². The Labute approximate surface area is 130 Å². The highest BCUT2D eigenvalue weighted by molar-refractivity contribution is 5.83. The van der Waals surface area contributed by atoms with Crippen LogP contribution in [0.5, 0.6) is 0 Å². The minimum Gasteiger partial charge on any atom is -0.457 e. The molecule has 0 bridgehead atoms. The van der Waals surface area contributed by atoms with Gasteiger partial charge in [-0.3, -0.25) is 0 Å². The Morgan fingerprint density at radius 1 is 1.36 bits per heavy atom. The van der Waals surface area contributed by atoms with Gasteiger partial charge in [-0.2, -0.15) is 0 Å². The van der Waals surface area contributed by atoms with Gasteiger partial charge in [0.05, 0.1) is 0 Å². The van der Waals surface area contributed by atoms with Crippen LogP contribution in [0, 0.1) is 17.8 Å². The first-order valence-corrected chi connectivity index (χ1v) is 8.12. The van der Waals surface area contributed by atoms with Gasteiger partial charge in [-0.05, 0) is 51.9 Å². The Bertz CT molecular complexity index is 532. The van der Waals surface area contributed by atoms with Crippen LogP contribution in [0.3, 0.4) is 0 Å². The summed E-state index contributed by atoms with van der Waals surface area (Å²) >= 11 is 0. The molecule has 0 radical (unpaired) electrons. The molecule has 0 saturated heterocycles. The van der Waals surface area contributed by atoms with Crippen LogP contribution >= 0.6 is 0 Å². The monoisotopic (exact) mass is 310 g/mol. The third-order valence-electron chi connectivity index (χ3n) is 4.81. The van der Waals surface area contributed by atoms with Gasteiger partial charge >= 0.3 is 5.97 Å². The molecular formula is C18H24F2O2. The van der Waals surface area contributed by atoms with E-state index >= 15 is 0 Å². The average Bonchev–Trinajstić information content (AvgIpc) is 2.59. The van der Waals surface area contributed by atoms with E-state index in [2.05, 4.69) is 6.08 Å². The molecule has 0 amide bonds. The highest BCUT2D eigenvalue weighted by Crippen LogP contribution is 2.53. The van der Waals surface area contributed by atoms with Crippen LogP contribution in [0.25, 0.3) is 0 Å². The fourth-order valence-corrected chi connectivity index (χ4v) is 3.90. The summed E-state index contributed by atoms with van der Waals surface area (Å²) < 4.78 is 31.1. The number of carbonyl (C=O) groups is 1. The minimum atomic E-state index is -2.43. The Hall–Kier alpha value is -1.19. The molecule has 122 valence electrons. The number of fused-ring (bicyclic) bond motifs is 1. The minimum absolute atomic E-state index is 0.0419. The van der Waals surface area contributed by atoms with Gasteiger partial charge in [0, 0.05) is 24.8 Å². The van der Waals surface area contributed by atoms with Gasteiger partial charge in [-0.15, -0.1) is 0 Å². The molecule has 0 aliphatic heterocycles. The van der Waals surface area contributed by atoms with Crippen molar-refractivity contribution in [2.45, 2.75) is 64.4 Å². The fourth-order valence-electron chi connectivity index (χ4n) is 3.90. The van der Waals surface area contributed by atoms with E-state index in [1.165, 1.54) is 5.57 Å². The number of esters is 1.